The number of anilines is 1. The lowest BCUT2D eigenvalue weighted by Gasteiger charge is -2.43. The first-order valence-corrected chi connectivity index (χ1v) is 9.24. The second-order valence-corrected chi connectivity index (χ2v) is 7.11. The molecule has 1 aromatic rings. The van der Waals surface area contributed by atoms with E-state index < -0.39 is 0 Å². The van der Waals surface area contributed by atoms with Gasteiger partial charge < -0.3 is 20.5 Å². The molecule has 0 aliphatic carbocycles. The second-order valence-electron chi connectivity index (χ2n) is 6.71. The molecule has 6 nitrogen and oxygen atoms in total. The molecule has 1 aromatic carbocycles. The van der Waals surface area contributed by atoms with Gasteiger partial charge in [0, 0.05) is 24.4 Å². The van der Waals surface area contributed by atoms with Crippen LogP contribution in [0, 0.1) is 0 Å². The Bertz CT molecular complexity index is 617. The van der Waals surface area contributed by atoms with E-state index in [9.17, 15) is 0 Å². The molecular formula is C18H28ClIN4O2. The summed E-state index contributed by atoms with van der Waals surface area (Å²) >= 11 is 6.15. The smallest absolute Gasteiger partial charge is 0.193 e. The molecule has 0 bridgehead atoms. The number of ether oxygens (including phenoxy) is 2. The number of methoxy groups -OCH3 is 1. The van der Waals surface area contributed by atoms with Crippen LogP contribution in [0.1, 0.15) is 25.7 Å². The van der Waals surface area contributed by atoms with Gasteiger partial charge in [0.15, 0.2) is 5.96 Å². The van der Waals surface area contributed by atoms with Crippen LogP contribution in [0.4, 0.5) is 5.69 Å². The fourth-order valence-corrected chi connectivity index (χ4v) is 3.94. The average molecular weight is 495 g/mol. The van der Waals surface area contributed by atoms with E-state index in [1.165, 1.54) is 12.8 Å². The summed E-state index contributed by atoms with van der Waals surface area (Å²) in [5, 5.41) is 3.66. The third kappa shape index (κ3) is 5.15. The first kappa shape index (κ1) is 21.5. The Kier molecular flexibility index (Phi) is 8.25. The van der Waals surface area contributed by atoms with E-state index in [0.29, 0.717) is 23.3 Å². The quantitative estimate of drug-likeness (QED) is 0.373. The summed E-state index contributed by atoms with van der Waals surface area (Å²) in [6, 6.07) is 5.47. The van der Waals surface area contributed by atoms with Gasteiger partial charge in [-0.2, -0.15) is 0 Å². The van der Waals surface area contributed by atoms with E-state index in [0.717, 1.165) is 44.8 Å². The number of likely N-dealkylation sites (tertiary alicyclic amines) is 1. The third-order valence-corrected chi connectivity index (χ3v) is 5.46. The average Bonchev–Trinajstić information content (AvgIpc) is 3.16. The maximum absolute atomic E-state index is 6.15. The number of guanidine groups is 1. The molecule has 0 saturated carbocycles. The van der Waals surface area contributed by atoms with Crippen LogP contribution in [-0.4, -0.2) is 56.4 Å². The Morgan fingerprint density at radius 1 is 1.35 bits per heavy atom. The minimum atomic E-state index is 0. The minimum absolute atomic E-state index is 0. The van der Waals surface area contributed by atoms with Crippen molar-refractivity contribution in [2.45, 2.75) is 31.2 Å². The molecule has 146 valence electrons. The predicted octanol–water partition coefficient (Wildman–Crippen LogP) is 3.34. The Hall–Kier alpha value is -0.770. The number of benzene rings is 1. The van der Waals surface area contributed by atoms with Crippen LogP contribution in [0.3, 0.4) is 0 Å². The van der Waals surface area contributed by atoms with Gasteiger partial charge in [-0.05, 0) is 57.0 Å². The number of nitrogens with zero attached hydrogens (tertiary/aromatic N) is 2. The van der Waals surface area contributed by atoms with E-state index in [4.69, 9.17) is 26.8 Å². The van der Waals surface area contributed by atoms with Crippen LogP contribution in [0.5, 0.6) is 5.75 Å². The summed E-state index contributed by atoms with van der Waals surface area (Å²) in [6.45, 7) is 4.59. The van der Waals surface area contributed by atoms with Crippen LogP contribution < -0.4 is 15.8 Å². The topological polar surface area (TPSA) is 72.1 Å². The summed E-state index contributed by atoms with van der Waals surface area (Å²) in [6.07, 6.45) is 4.56. The molecule has 3 rings (SSSR count). The summed E-state index contributed by atoms with van der Waals surface area (Å²) in [5.41, 5.74) is 7.00. The fraction of sp³-hybridized carbons (Fsp3) is 0.611. The maximum atomic E-state index is 6.15. The van der Waals surface area contributed by atoms with Crippen molar-refractivity contribution in [1.29, 1.82) is 0 Å². The maximum Gasteiger partial charge on any atom is 0.193 e. The minimum Gasteiger partial charge on any atom is -0.495 e. The highest BCUT2D eigenvalue weighted by Gasteiger charge is 2.39. The number of nitrogens with two attached hydrogens (primary N) is 1. The molecule has 26 heavy (non-hydrogen) atoms. The van der Waals surface area contributed by atoms with E-state index in [2.05, 4.69) is 15.2 Å². The van der Waals surface area contributed by atoms with Gasteiger partial charge in [0.05, 0.1) is 18.7 Å². The highest BCUT2D eigenvalue weighted by molar-refractivity contribution is 14.0. The van der Waals surface area contributed by atoms with Crippen LogP contribution in [-0.2, 0) is 4.74 Å². The van der Waals surface area contributed by atoms with Gasteiger partial charge in [0.25, 0.3) is 0 Å². The molecule has 8 heteroatoms. The number of hydrogen-bond acceptors (Lipinski definition) is 4. The van der Waals surface area contributed by atoms with Crippen molar-refractivity contribution in [3.8, 4) is 5.75 Å². The van der Waals surface area contributed by atoms with Gasteiger partial charge >= 0.3 is 0 Å². The fourth-order valence-electron chi connectivity index (χ4n) is 3.68. The molecule has 2 heterocycles. The highest BCUT2D eigenvalue weighted by atomic mass is 127. The molecular weight excluding hydrogens is 467 g/mol. The molecule has 0 aromatic heterocycles. The Morgan fingerprint density at radius 3 is 2.65 bits per heavy atom. The number of hydrogen-bond donors (Lipinski definition) is 2. The standard InChI is InChI=1S/C18H27ClN4O2.HI/c1-24-16-5-4-14(12-15(16)19)22-17(20)21-13-18(6-10-25-11-7-18)23-8-2-3-9-23;/h4-5,12H,2-3,6-11,13H2,1H3,(H3,20,21,22);1H. The Morgan fingerprint density at radius 2 is 2.04 bits per heavy atom. The number of aliphatic imine (C=N–C) groups is 1. The van der Waals surface area contributed by atoms with E-state index in [-0.39, 0.29) is 29.5 Å². The molecule has 0 atom stereocenters. The van der Waals surface area contributed by atoms with Gasteiger partial charge in [-0.3, -0.25) is 9.89 Å². The third-order valence-electron chi connectivity index (χ3n) is 5.17. The lowest BCUT2D eigenvalue weighted by molar-refractivity contribution is -0.0138. The molecule has 0 amide bonds. The largest absolute Gasteiger partial charge is 0.495 e. The Labute approximate surface area is 177 Å². The van der Waals surface area contributed by atoms with Gasteiger partial charge in [-0.25, -0.2) is 0 Å². The zero-order valence-electron chi connectivity index (χ0n) is 15.2. The van der Waals surface area contributed by atoms with Crippen molar-refractivity contribution in [3.63, 3.8) is 0 Å². The van der Waals surface area contributed by atoms with Crippen LogP contribution in [0.2, 0.25) is 5.02 Å². The van der Waals surface area contributed by atoms with E-state index in [1.807, 2.05) is 12.1 Å². The molecule has 2 aliphatic heterocycles. The van der Waals surface area contributed by atoms with Gasteiger partial charge in [-0.1, -0.05) is 11.6 Å². The zero-order valence-corrected chi connectivity index (χ0v) is 18.3. The first-order chi connectivity index (χ1) is 12.1. The van der Waals surface area contributed by atoms with Crippen molar-refractivity contribution in [2.75, 3.05) is 45.3 Å². The monoisotopic (exact) mass is 494 g/mol. The summed E-state index contributed by atoms with van der Waals surface area (Å²) in [7, 11) is 1.59. The van der Waals surface area contributed by atoms with Crippen LogP contribution in [0.15, 0.2) is 23.2 Å². The predicted molar refractivity (Wildman–Crippen MR) is 117 cm³/mol. The van der Waals surface area contributed by atoms with Crippen LogP contribution in [0.25, 0.3) is 0 Å². The van der Waals surface area contributed by atoms with Gasteiger partial charge in [0.2, 0.25) is 0 Å². The number of nitrogens with one attached hydrogen (secondary N) is 1. The molecule has 3 N–H and O–H groups in total. The highest BCUT2D eigenvalue weighted by Crippen LogP contribution is 2.32. The second kappa shape index (κ2) is 9.96. The van der Waals surface area contributed by atoms with Crippen molar-refractivity contribution < 1.29 is 9.47 Å². The van der Waals surface area contributed by atoms with Crippen LogP contribution >= 0.6 is 35.6 Å². The van der Waals surface area contributed by atoms with Crippen molar-refractivity contribution >= 4 is 47.2 Å². The lowest BCUT2D eigenvalue weighted by Crippen LogP contribution is -2.53. The van der Waals surface area contributed by atoms with Crippen molar-refractivity contribution in [3.05, 3.63) is 23.2 Å². The van der Waals surface area contributed by atoms with Crippen molar-refractivity contribution in [1.82, 2.24) is 4.90 Å². The molecule has 0 radical (unpaired) electrons. The molecule has 0 spiro atoms. The molecule has 0 unspecified atom stereocenters. The van der Waals surface area contributed by atoms with E-state index in [1.54, 1.807) is 13.2 Å². The zero-order chi connectivity index (χ0) is 17.7. The van der Waals surface area contributed by atoms with E-state index >= 15 is 0 Å². The number of halogens is 2. The SMILES string of the molecule is COc1ccc(NC(N)=NCC2(N3CCCC3)CCOCC2)cc1Cl.I. The first-order valence-electron chi connectivity index (χ1n) is 8.86. The normalized spacial score (nSPS) is 20.5. The molecule has 2 aliphatic rings. The molecule has 2 fully saturated rings. The summed E-state index contributed by atoms with van der Waals surface area (Å²) in [5.74, 6) is 1.05. The molecule has 2 saturated heterocycles. The summed E-state index contributed by atoms with van der Waals surface area (Å²) < 4.78 is 10.7. The summed E-state index contributed by atoms with van der Waals surface area (Å²) in [4.78, 5) is 7.22. The lowest BCUT2D eigenvalue weighted by atomic mass is 9.88. The number of rotatable bonds is 5. The Balaban J connectivity index is 0.00000243. The van der Waals surface area contributed by atoms with Gasteiger partial charge in [-0.15, -0.1) is 24.0 Å². The van der Waals surface area contributed by atoms with Crippen molar-refractivity contribution in [2.24, 2.45) is 10.7 Å². The van der Waals surface area contributed by atoms with Gasteiger partial charge in [0.1, 0.15) is 5.75 Å².